The Morgan fingerprint density at radius 3 is 2.70 bits per heavy atom. The maximum absolute atomic E-state index is 12.5. The van der Waals surface area contributed by atoms with Crippen LogP contribution in [0.5, 0.6) is 0 Å². The van der Waals surface area contributed by atoms with Gasteiger partial charge in [0, 0.05) is 18.2 Å². The van der Waals surface area contributed by atoms with Crippen LogP contribution < -0.4 is 5.32 Å². The Hall–Kier alpha value is -1.95. The first-order valence-corrected chi connectivity index (χ1v) is 8.12. The van der Waals surface area contributed by atoms with Crippen molar-refractivity contribution in [2.75, 3.05) is 13.2 Å². The number of rotatable bonds is 4. The van der Waals surface area contributed by atoms with Gasteiger partial charge in [-0.1, -0.05) is 0 Å². The molecule has 124 valence electrons. The van der Waals surface area contributed by atoms with Crippen molar-refractivity contribution < 1.29 is 9.90 Å². The van der Waals surface area contributed by atoms with E-state index in [1.165, 1.54) is 0 Å². The molecule has 0 radical (unpaired) electrons. The fourth-order valence-corrected chi connectivity index (χ4v) is 2.81. The molecule has 0 saturated heterocycles. The Morgan fingerprint density at radius 1 is 1.43 bits per heavy atom. The molecule has 2 aromatic rings. The van der Waals surface area contributed by atoms with Gasteiger partial charge in [-0.05, 0) is 46.6 Å². The van der Waals surface area contributed by atoms with Crippen LogP contribution in [0, 0.1) is 6.92 Å². The van der Waals surface area contributed by atoms with E-state index in [1.807, 2.05) is 17.7 Å². The Labute approximate surface area is 135 Å². The van der Waals surface area contributed by atoms with Crippen molar-refractivity contribution >= 4 is 16.9 Å². The van der Waals surface area contributed by atoms with Crippen molar-refractivity contribution in [1.82, 2.24) is 20.1 Å². The van der Waals surface area contributed by atoms with Crippen molar-refractivity contribution in [2.45, 2.75) is 52.0 Å². The minimum Gasteiger partial charge on any atom is -0.395 e. The summed E-state index contributed by atoms with van der Waals surface area (Å²) in [5, 5.41) is 17.1. The summed E-state index contributed by atoms with van der Waals surface area (Å²) in [7, 11) is 0. The van der Waals surface area contributed by atoms with Gasteiger partial charge in [-0.25, -0.2) is 9.67 Å². The van der Waals surface area contributed by atoms with Crippen molar-refractivity contribution in [3.63, 3.8) is 0 Å². The van der Waals surface area contributed by atoms with E-state index >= 15 is 0 Å². The number of fused-ring (bicyclic) bond motifs is 1. The molecule has 1 aliphatic rings. The summed E-state index contributed by atoms with van der Waals surface area (Å²) in [5.74, 6) is 0.275. The molecule has 1 saturated carbocycles. The maximum Gasteiger partial charge on any atom is 0.252 e. The van der Waals surface area contributed by atoms with Crippen molar-refractivity contribution in [3.8, 4) is 0 Å². The van der Waals surface area contributed by atoms with Gasteiger partial charge < -0.3 is 10.4 Å². The minimum absolute atomic E-state index is 0.0737. The standard InChI is InChI=1S/C17H24N4O2/c1-10-14-12(16(23)18-7-8-22)9-13(11-5-6-11)19-15(14)21(20-10)17(2,3)4/h9,11,22H,5-8H2,1-4H3,(H,18,23). The van der Waals surface area contributed by atoms with Gasteiger partial charge in [0.15, 0.2) is 5.65 Å². The predicted molar refractivity (Wildman–Crippen MR) is 88.7 cm³/mol. The second kappa shape index (κ2) is 5.60. The largest absolute Gasteiger partial charge is 0.395 e. The third-order valence-corrected chi connectivity index (χ3v) is 4.11. The number of hydrogen-bond acceptors (Lipinski definition) is 4. The lowest BCUT2D eigenvalue weighted by Gasteiger charge is -2.20. The first-order chi connectivity index (χ1) is 10.8. The average molecular weight is 316 g/mol. The lowest BCUT2D eigenvalue weighted by atomic mass is 10.1. The van der Waals surface area contributed by atoms with E-state index in [4.69, 9.17) is 10.1 Å². The molecule has 0 atom stereocenters. The fourth-order valence-electron chi connectivity index (χ4n) is 2.81. The van der Waals surface area contributed by atoms with Crippen LogP contribution in [-0.2, 0) is 5.54 Å². The number of aryl methyl sites for hydroxylation is 1. The van der Waals surface area contributed by atoms with E-state index in [0.717, 1.165) is 35.3 Å². The van der Waals surface area contributed by atoms with Crippen molar-refractivity contribution in [3.05, 3.63) is 23.0 Å². The number of pyridine rings is 1. The lowest BCUT2D eigenvalue weighted by molar-refractivity contribution is 0.0946. The number of nitrogens with one attached hydrogen (secondary N) is 1. The second-order valence-corrected chi connectivity index (χ2v) is 7.22. The Balaban J connectivity index is 2.21. The Bertz CT molecular complexity index is 754. The van der Waals surface area contributed by atoms with Crippen LogP contribution in [-0.4, -0.2) is 38.9 Å². The van der Waals surface area contributed by atoms with Gasteiger partial charge in [-0.15, -0.1) is 0 Å². The van der Waals surface area contributed by atoms with Crippen LogP contribution >= 0.6 is 0 Å². The van der Waals surface area contributed by atoms with Gasteiger partial charge in [0.2, 0.25) is 0 Å². The van der Waals surface area contributed by atoms with E-state index in [1.54, 1.807) is 0 Å². The monoisotopic (exact) mass is 316 g/mol. The fraction of sp³-hybridized carbons (Fsp3) is 0.588. The number of amides is 1. The van der Waals surface area contributed by atoms with E-state index < -0.39 is 0 Å². The van der Waals surface area contributed by atoms with E-state index in [-0.39, 0.29) is 24.6 Å². The van der Waals surface area contributed by atoms with Crippen LogP contribution in [0.15, 0.2) is 6.07 Å². The SMILES string of the molecule is Cc1nn(C(C)(C)C)c2nc(C3CC3)cc(C(=O)NCCO)c12. The number of aromatic nitrogens is 3. The molecule has 6 nitrogen and oxygen atoms in total. The molecule has 0 aromatic carbocycles. The molecule has 0 spiro atoms. The number of aliphatic hydroxyl groups excluding tert-OH is 1. The molecule has 3 rings (SSSR count). The lowest BCUT2D eigenvalue weighted by Crippen LogP contribution is -2.27. The zero-order valence-electron chi connectivity index (χ0n) is 14.2. The van der Waals surface area contributed by atoms with Gasteiger partial charge in [0.05, 0.1) is 28.8 Å². The highest BCUT2D eigenvalue weighted by Gasteiger charge is 2.30. The van der Waals surface area contributed by atoms with Gasteiger partial charge >= 0.3 is 0 Å². The maximum atomic E-state index is 12.5. The summed E-state index contributed by atoms with van der Waals surface area (Å²) in [6.07, 6.45) is 2.25. The zero-order chi connectivity index (χ0) is 16.8. The predicted octanol–water partition coefficient (Wildman–Crippen LogP) is 2.09. The number of nitrogens with zero attached hydrogens (tertiary/aromatic N) is 3. The smallest absolute Gasteiger partial charge is 0.252 e. The van der Waals surface area contributed by atoms with Crippen LogP contribution in [0.4, 0.5) is 0 Å². The summed E-state index contributed by atoms with van der Waals surface area (Å²) in [6, 6.07) is 1.90. The molecular formula is C17H24N4O2. The third-order valence-electron chi connectivity index (χ3n) is 4.11. The van der Waals surface area contributed by atoms with Crippen molar-refractivity contribution in [1.29, 1.82) is 0 Å². The molecule has 1 aliphatic carbocycles. The van der Waals surface area contributed by atoms with Crippen LogP contribution in [0.25, 0.3) is 11.0 Å². The summed E-state index contributed by atoms with van der Waals surface area (Å²) < 4.78 is 1.91. The Morgan fingerprint density at radius 2 is 2.13 bits per heavy atom. The van der Waals surface area contributed by atoms with Crippen molar-refractivity contribution in [2.24, 2.45) is 0 Å². The van der Waals surface area contributed by atoms with E-state index in [9.17, 15) is 4.79 Å². The number of hydrogen-bond donors (Lipinski definition) is 2. The zero-order valence-corrected chi connectivity index (χ0v) is 14.2. The first kappa shape index (κ1) is 15.9. The molecule has 2 aromatic heterocycles. The molecule has 23 heavy (non-hydrogen) atoms. The quantitative estimate of drug-likeness (QED) is 0.905. The number of carbonyl (C=O) groups is 1. The van der Waals surface area contributed by atoms with Gasteiger partial charge in [0.25, 0.3) is 5.91 Å². The molecule has 6 heteroatoms. The third kappa shape index (κ3) is 2.95. The summed E-state index contributed by atoms with van der Waals surface area (Å²) in [4.78, 5) is 17.4. The Kier molecular flexibility index (Phi) is 3.88. The van der Waals surface area contributed by atoms with E-state index in [0.29, 0.717) is 11.5 Å². The summed E-state index contributed by atoms with van der Waals surface area (Å²) in [6.45, 7) is 8.32. The second-order valence-electron chi connectivity index (χ2n) is 7.22. The first-order valence-electron chi connectivity index (χ1n) is 8.12. The highest BCUT2D eigenvalue weighted by molar-refractivity contribution is 6.06. The summed E-state index contributed by atoms with van der Waals surface area (Å²) in [5.41, 5.74) is 2.95. The van der Waals surface area contributed by atoms with Crippen LogP contribution in [0.2, 0.25) is 0 Å². The number of aliphatic hydroxyl groups is 1. The van der Waals surface area contributed by atoms with Gasteiger partial charge in [-0.2, -0.15) is 5.10 Å². The highest BCUT2D eigenvalue weighted by Crippen LogP contribution is 2.40. The van der Waals surface area contributed by atoms with Crippen LogP contribution in [0.3, 0.4) is 0 Å². The molecular weight excluding hydrogens is 292 g/mol. The van der Waals surface area contributed by atoms with E-state index in [2.05, 4.69) is 31.2 Å². The molecule has 1 fully saturated rings. The number of carbonyl (C=O) groups excluding carboxylic acids is 1. The molecule has 0 unspecified atom stereocenters. The highest BCUT2D eigenvalue weighted by atomic mass is 16.3. The molecule has 1 amide bonds. The molecule has 0 aliphatic heterocycles. The minimum atomic E-state index is -0.208. The molecule has 0 bridgehead atoms. The molecule has 2 N–H and O–H groups in total. The van der Waals surface area contributed by atoms with Gasteiger partial charge in [-0.3, -0.25) is 4.79 Å². The molecule has 2 heterocycles. The van der Waals surface area contributed by atoms with Crippen LogP contribution in [0.1, 0.15) is 61.3 Å². The normalized spacial score (nSPS) is 15.2. The van der Waals surface area contributed by atoms with Gasteiger partial charge in [0.1, 0.15) is 0 Å². The average Bonchev–Trinajstić information content (AvgIpc) is 3.27. The topological polar surface area (TPSA) is 80.0 Å². The summed E-state index contributed by atoms with van der Waals surface area (Å²) >= 11 is 0.